The molecule has 0 saturated carbocycles. The lowest BCUT2D eigenvalue weighted by Crippen LogP contribution is -2.48. The average Bonchev–Trinajstić information content (AvgIpc) is 3.12. The van der Waals surface area contributed by atoms with Crippen LogP contribution in [0.15, 0.2) is 12.4 Å². The van der Waals surface area contributed by atoms with E-state index in [1.165, 1.54) is 0 Å². The standard InChI is InChI=1S/C13H19N5O2.ClH/c1-17-8-9(7-15-17)18-6-4-11(13(18)20)16-12(19)10-3-2-5-14-10;/h7-8,10-11,14H,2-6H2,1H3,(H,16,19);1H. The summed E-state index contributed by atoms with van der Waals surface area (Å²) in [5.74, 6) is -0.113. The largest absolute Gasteiger partial charge is 0.343 e. The van der Waals surface area contributed by atoms with Crippen molar-refractivity contribution in [1.29, 1.82) is 0 Å². The quantitative estimate of drug-likeness (QED) is 0.811. The van der Waals surface area contributed by atoms with E-state index in [2.05, 4.69) is 15.7 Å². The molecule has 21 heavy (non-hydrogen) atoms. The highest BCUT2D eigenvalue weighted by Crippen LogP contribution is 2.20. The minimum absolute atomic E-state index is 0. The minimum atomic E-state index is -0.412. The van der Waals surface area contributed by atoms with Crippen LogP contribution in [0.4, 0.5) is 5.69 Å². The van der Waals surface area contributed by atoms with Crippen LogP contribution in [-0.4, -0.2) is 46.8 Å². The van der Waals surface area contributed by atoms with Gasteiger partial charge in [0.1, 0.15) is 6.04 Å². The third-order valence-electron chi connectivity index (χ3n) is 3.90. The zero-order valence-corrected chi connectivity index (χ0v) is 12.7. The molecule has 116 valence electrons. The van der Waals surface area contributed by atoms with Crippen molar-refractivity contribution < 1.29 is 9.59 Å². The SMILES string of the molecule is Cl.Cn1cc(N2CCC(NC(=O)C3CCCN3)C2=O)cn1. The zero-order chi connectivity index (χ0) is 14.1. The summed E-state index contributed by atoms with van der Waals surface area (Å²) in [5, 5.41) is 10.1. The number of hydrogen-bond donors (Lipinski definition) is 2. The molecule has 2 saturated heterocycles. The minimum Gasteiger partial charge on any atom is -0.343 e. The van der Waals surface area contributed by atoms with Crippen LogP contribution in [0, 0.1) is 0 Å². The Hall–Kier alpha value is -1.60. The van der Waals surface area contributed by atoms with Crippen molar-refractivity contribution in [3.05, 3.63) is 12.4 Å². The molecule has 2 amide bonds. The molecule has 1 aromatic heterocycles. The molecule has 2 aliphatic heterocycles. The van der Waals surface area contributed by atoms with Crippen molar-refractivity contribution in [3.8, 4) is 0 Å². The fourth-order valence-electron chi connectivity index (χ4n) is 2.80. The Balaban J connectivity index is 0.00000161. The highest BCUT2D eigenvalue weighted by atomic mass is 35.5. The Morgan fingerprint density at radius 1 is 1.48 bits per heavy atom. The van der Waals surface area contributed by atoms with E-state index in [9.17, 15) is 9.59 Å². The first-order valence-electron chi connectivity index (χ1n) is 6.99. The molecule has 0 radical (unpaired) electrons. The number of amides is 2. The third-order valence-corrected chi connectivity index (χ3v) is 3.90. The summed E-state index contributed by atoms with van der Waals surface area (Å²) < 4.78 is 1.66. The second kappa shape index (κ2) is 6.44. The maximum Gasteiger partial charge on any atom is 0.249 e. The number of carbonyl (C=O) groups excluding carboxylic acids is 2. The lowest BCUT2D eigenvalue weighted by molar-refractivity contribution is -0.127. The number of rotatable bonds is 3. The predicted molar refractivity (Wildman–Crippen MR) is 80.4 cm³/mol. The zero-order valence-electron chi connectivity index (χ0n) is 11.9. The summed E-state index contributed by atoms with van der Waals surface area (Å²) in [7, 11) is 1.81. The first-order chi connectivity index (χ1) is 9.65. The number of anilines is 1. The molecular weight excluding hydrogens is 294 g/mol. The van der Waals surface area contributed by atoms with Gasteiger partial charge in [0.25, 0.3) is 0 Å². The highest BCUT2D eigenvalue weighted by Gasteiger charge is 2.35. The molecule has 3 rings (SSSR count). The van der Waals surface area contributed by atoms with Crippen LogP contribution in [0.25, 0.3) is 0 Å². The van der Waals surface area contributed by atoms with Gasteiger partial charge in [0.05, 0.1) is 17.9 Å². The summed E-state index contributed by atoms with van der Waals surface area (Å²) in [4.78, 5) is 26.0. The van der Waals surface area contributed by atoms with E-state index >= 15 is 0 Å². The van der Waals surface area contributed by atoms with Gasteiger partial charge in [-0.2, -0.15) is 5.10 Å². The smallest absolute Gasteiger partial charge is 0.249 e. The van der Waals surface area contributed by atoms with Gasteiger partial charge in [0, 0.05) is 19.8 Å². The van der Waals surface area contributed by atoms with Crippen LogP contribution in [0.2, 0.25) is 0 Å². The van der Waals surface area contributed by atoms with Gasteiger partial charge in [-0.3, -0.25) is 14.3 Å². The number of carbonyl (C=O) groups is 2. The summed E-state index contributed by atoms with van der Waals surface area (Å²) in [6, 6.07) is -0.555. The van der Waals surface area contributed by atoms with Crippen molar-refractivity contribution in [3.63, 3.8) is 0 Å². The van der Waals surface area contributed by atoms with Crippen LogP contribution in [0.5, 0.6) is 0 Å². The Morgan fingerprint density at radius 2 is 2.29 bits per heavy atom. The fourth-order valence-corrected chi connectivity index (χ4v) is 2.80. The van der Waals surface area contributed by atoms with E-state index in [-0.39, 0.29) is 30.3 Å². The second-order valence-electron chi connectivity index (χ2n) is 5.36. The predicted octanol–water partition coefficient (Wildman–Crippen LogP) is -0.185. The molecule has 2 atom stereocenters. The van der Waals surface area contributed by atoms with E-state index in [0.29, 0.717) is 13.0 Å². The molecule has 3 heterocycles. The summed E-state index contributed by atoms with van der Waals surface area (Å²) in [5.41, 5.74) is 0.785. The van der Waals surface area contributed by atoms with Crippen LogP contribution < -0.4 is 15.5 Å². The first-order valence-corrected chi connectivity index (χ1v) is 6.99. The van der Waals surface area contributed by atoms with E-state index in [4.69, 9.17) is 0 Å². The molecule has 8 heteroatoms. The van der Waals surface area contributed by atoms with Gasteiger partial charge in [0.2, 0.25) is 11.8 Å². The van der Waals surface area contributed by atoms with Crippen LogP contribution >= 0.6 is 12.4 Å². The van der Waals surface area contributed by atoms with Gasteiger partial charge in [-0.05, 0) is 25.8 Å². The van der Waals surface area contributed by atoms with E-state index < -0.39 is 6.04 Å². The van der Waals surface area contributed by atoms with E-state index in [0.717, 1.165) is 25.1 Å². The number of nitrogens with one attached hydrogen (secondary N) is 2. The monoisotopic (exact) mass is 313 g/mol. The topological polar surface area (TPSA) is 79.3 Å². The van der Waals surface area contributed by atoms with Crippen molar-refractivity contribution in [2.24, 2.45) is 7.05 Å². The van der Waals surface area contributed by atoms with Crippen LogP contribution in [-0.2, 0) is 16.6 Å². The van der Waals surface area contributed by atoms with Crippen LogP contribution in [0.1, 0.15) is 19.3 Å². The van der Waals surface area contributed by atoms with Crippen LogP contribution in [0.3, 0.4) is 0 Å². The Kier molecular flexibility index (Phi) is 4.84. The van der Waals surface area contributed by atoms with Gasteiger partial charge in [-0.1, -0.05) is 0 Å². The maximum absolute atomic E-state index is 12.3. The molecule has 0 spiro atoms. The lowest BCUT2D eigenvalue weighted by Gasteiger charge is -2.17. The lowest BCUT2D eigenvalue weighted by atomic mass is 10.2. The van der Waals surface area contributed by atoms with Gasteiger partial charge in [-0.15, -0.1) is 12.4 Å². The van der Waals surface area contributed by atoms with E-state index in [1.54, 1.807) is 22.0 Å². The Bertz CT molecular complexity index is 526. The first kappa shape index (κ1) is 15.8. The Morgan fingerprint density at radius 3 is 2.90 bits per heavy atom. The molecule has 7 nitrogen and oxygen atoms in total. The molecule has 0 aliphatic carbocycles. The number of halogens is 1. The van der Waals surface area contributed by atoms with Gasteiger partial charge >= 0.3 is 0 Å². The molecule has 2 fully saturated rings. The number of nitrogens with zero attached hydrogens (tertiary/aromatic N) is 3. The molecule has 0 aromatic carbocycles. The van der Waals surface area contributed by atoms with Gasteiger partial charge < -0.3 is 15.5 Å². The molecule has 0 bridgehead atoms. The molecule has 1 aromatic rings. The molecule has 2 aliphatic rings. The second-order valence-corrected chi connectivity index (χ2v) is 5.36. The summed E-state index contributed by atoms with van der Waals surface area (Å²) >= 11 is 0. The van der Waals surface area contributed by atoms with Gasteiger partial charge in [0.15, 0.2) is 0 Å². The number of aryl methyl sites for hydroxylation is 1. The van der Waals surface area contributed by atoms with Crippen molar-refractivity contribution >= 4 is 29.9 Å². The fraction of sp³-hybridized carbons (Fsp3) is 0.615. The number of aromatic nitrogens is 2. The van der Waals surface area contributed by atoms with Gasteiger partial charge in [-0.25, -0.2) is 0 Å². The molecule has 2 unspecified atom stereocenters. The van der Waals surface area contributed by atoms with Crippen molar-refractivity contribution in [2.45, 2.75) is 31.3 Å². The summed E-state index contributed by atoms with van der Waals surface area (Å²) in [6.07, 6.45) is 5.98. The molecule has 2 N–H and O–H groups in total. The molecular formula is C13H20ClN5O2. The highest BCUT2D eigenvalue weighted by molar-refractivity contribution is 6.01. The third kappa shape index (κ3) is 3.19. The normalized spacial score (nSPS) is 25.0. The Labute approximate surface area is 129 Å². The van der Waals surface area contributed by atoms with E-state index in [1.807, 2.05) is 7.05 Å². The van der Waals surface area contributed by atoms with Crippen molar-refractivity contribution in [1.82, 2.24) is 20.4 Å². The van der Waals surface area contributed by atoms with Crippen molar-refractivity contribution in [2.75, 3.05) is 18.0 Å². The maximum atomic E-state index is 12.3. The average molecular weight is 314 g/mol. The number of hydrogen-bond acceptors (Lipinski definition) is 4. The summed E-state index contributed by atoms with van der Waals surface area (Å²) in [6.45, 7) is 1.49.